The molecule has 6 heteroatoms. The fourth-order valence-corrected chi connectivity index (χ4v) is 3.99. The van der Waals surface area contributed by atoms with Crippen LogP contribution in [0.5, 0.6) is 0 Å². The summed E-state index contributed by atoms with van der Waals surface area (Å²) in [5, 5.41) is 4.49. The van der Waals surface area contributed by atoms with Crippen LogP contribution >= 0.6 is 0 Å². The highest BCUT2D eigenvalue weighted by Gasteiger charge is 2.55. The van der Waals surface area contributed by atoms with Crippen LogP contribution in [0, 0.1) is 5.41 Å². The molecule has 0 bridgehead atoms. The van der Waals surface area contributed by atoms with Gasteiger partial charge < -0.3 is 10.2 Å². The van der Waals surface area contributed by atoms with Crippen molar-refractivity contribution in [1.82, 2.24) is 10.2 Å². The molecule has 0 aromatic heterocycles. The molecule has 2 aromatic carbocycles. The molecule has 2 heterocycles. The molecule has 2 aromatic rings. The van der Waals surface area contributed by atoms with Gasteiger partial charge in [0.05, 0.1) is 12.0 Å². The summed E-state index contributed by atoms with van der Waals surface area (Å²) in [7, 11) is 0. The highest BCUT2D eigenvalue weighted by molar-refractivity contribution is 5.99. The van der Waals surface area contributed by atoms with Gasteiger partial charge in [-0.2, -0.15) is 0 Å². The fraction of sp³-hybridized carbons (Fsp3) is 0.368. The van der Waals surface area contributed by atoms with Gasteiger partial charge in [-0.05, 0) is 29.3 Å². The van der Waals surface area contributed by atoms with Crippen LogP contribution in [-0.2, 0) is 4.79 Å². The lowest BCUT2D eigenvalue weighted by Gasteiger charge is -2.42. The second-order valence-corrected chi connectivity index (χ2v) is 7.04. The quantitative estimate of drug-likeness (QED) is 0.865. The second-order valence-electron chi connectivity index (χ2n) is 7.04. The summed E-state index contributed by atoms with van der Waals surface area (Å²) in [5.41, 5.74) is -0.807. The first-order valence-electron chi connectivity index (χ1n) is 8.33. The van der Waals surface area contributed by atoms with Gasteiger partial charge in [-0.3, -0.25) is 9.59 Å². The number of alkyl halides is 2. The molecular formula is C19H18F2N2O2. The Kier molecular flexibility index (Phi) is 3.52. The summed E-state index contributed by atoms with van der Waals surface area (Å²) < 4.78 is 28.6. The predicted octanol–water partition coefficient (Wildman–Crippen LogP) is 2.83. The van der Waals surface area contributed by atoms with Crippen LogP contribution in [0.2, 0.25) is 0 Å². The van der Waals surface area contributed by atoms with E-state index in [1.54, 1.807) is 12.1 Å². The highest BCUT2D eigenvalue weighted by Crippen LogP contribution is 2.43. The Bertz CT molecular complexity index is 867. The van der Waals surface area contributed by atoms with E-state index in [9.17, 15) is 18.4 Å². The molecule has 1 spiro atoms. The Morgan fingerprint density at radius 2 is 1.84 bits per heavy atom. The van der Waals surface area contributed by atoms with Crippen LogP contribution in [0.3, 0.4) is 0 Å². The molecule has 1 N–H and O–H groups in total. The van der Waals surface area contributed by atoms with Crippen molar-refractivity contribution < 1.29 is 18.4 Å². The van der Waals surface area contributed by atoms with Crippen molar-refractivity contribution >= 4 is 22.6 Å². The van der Waals surface area contributed by atoms with E-state index in [0.717, 1.165) is 15.7 Å². The van der Waals surface area contributed by atoms with Gasteiger partial charge in [0.1, 0.15) is 0 Å². The van der Waals surface area contributed by atoms with Crippen LogP contribution < -0.4 is 5.32 Å². The predicted molar refractivity (Wildman–Crippen MR) is 89.5 cm³/mol. The number of fused-ring (bicyclic) bond motifs is 1. The number of nitrogens with zero attached hydrogens (tertiary/aromatic N) is 1. The molecule has 4 rings (SSSR count). The number of likely N-dealkylation sites (tertiary alicyclic amines) is 1. The minimum Gasteiger partial charge on any atom is -0.356 e. The molecule has 1 unspecified atom stereocenters. The van der Waals surface area contributed by atoms with E-state index in [2.05, 4.69) is 5.32 Å². The van der Waals surface area contributed by atoms with Crippen LogP contribution in [0.25, 0.3) is 10.8 Å². The molecular weight excluding hydrogens is 326 g/mol. The maximum atomic E-state index is 14.3. The Hall–Kier alpha value is -2.50. The van der Waals surface area contributed by atoms with E-state index < -0.39 is 30.2 Å². The number of carbonyl (C=O) groups is 2. The van der Waals surface area contributed by atoms with E-state index in [1.165, 1.54) is 0 Å². The maximum absolute atomic E-state index is 14.3. The van der Waals surface area contributed by atoms with Crippen molar-refractivity contribution in [3.63, 3.8) is 0 Å². The molecule has 1 atom stereocenters. The highest BCUT2D eigenvalue weighted by atomic mass is 19.3. The summed E-state index contributed by atoms with van der Waals surface area (Å²) in [4.78, 5) is 26.1. The number of nitrogens with one attached hydrogen (secondary N) is 1. The van der Waals surface area contributed by atoms with Gasteiger partial charge in [0.25, 0.3) is 11.8 Å². The number of hydrogen-bond donors (Lipinski definition) is 1. The summed E-state index contributed by atoms with van der Waals surface area (Å²) >= 11 is 0. The molecule has 0 aliphatic carbocycles. The number of halogens is 2. The van der Waals surface area contributed by atoms with E-state index in [4.69, 9.17) is 0 Å². The lowest BCUT2D eigenvalue weighted by atomic mass is 9.77. The van der Waals surface area contributed by atoms with Crippen molar-refractivity contribution in [3.8, 4) is 0 Å². The number of rotatable bonds is 1. The fourth-order valence-electron chi connectivity index (χ4n) is 3.99. The van der Waals surface area contributed by atoms with Crippen LogP contribution in [0.15, 0.2) is 42.5 Å². The molecule has 130 valence electrons. The number of amides is 2. The smallest absolute Gasteiger partial charge is 0.266 e. The maximum Gasteiger partial charge on any atom is 0.266 e. The van der Waals surface area contributed by atoms with Crippen molar-refractivity contribution in [2.75, 3.05) is 19.6 Å². The van der Waals surface area contributed by atoms with Gasteiger partial charge in [0.2, 0.25) is 5.91 Å². The third-order valence-corrected chi connectivity index (χ3v) is 5.17. The molecule has 25 heavy (non-hydrogen) atoms. The molecule has 0 radical (unpaired) electrons. The largest absolute Gasteiger partial charge is 0.356 e. The van der Waals surface area contributed by atoms with Crippen molar-refractivity contribution in [3.05, 3.63) is 48.0 Å². The summed E-state index contributed by atoms with van der Waals surface area (Å²) in [6, 6.07) is 12.7. The third-order valence-electron chi connectivity index (χ3n) is 5.17. The van der Waals surface area contributed by atoms with Gasteiger partial charge in [-0.25, -0.2) is 8.78 Å². The van der Waals surface area contributed by atoms with Crippen molar-refractivity contribution in [2.45, 2.75) is 18.8 Å². The van der Waals surface area contributed by atoms with Crippen LogP contribution in [0.1, 0.15) is 23.2 Å². The van der Waals surface area contributed by atoms with Crippen LogP contribution in [0.4, 0.5) is 8.78 Å². The molecule has 2 fully saturated rings. The summed E-state index contributed by atoms with van der Waals surface area (Å²) in [6.45, 7) is -0.222. The van der Waals surface area contributed by atoms with E-state index in [1.807, 2.05) is 30.3 Å². The zero-order chi connectivity index (χ0) is 17.7. The first-order valence-corrected chi connectivity index (χ1v) is 8.33. The first kappa shape index (κ1) is 16.0. The van der Waals surface area contributed by atoms with Gasteiger partial charge >= 0.3 is 0 Å². The molecule has 0 saturated carbocycles. The Morgan fingerprint density at radius 1 is 1.08 bits per heavy atom. The Balaban J connectivity index is 1.67. The van der Waals surface area contributed by atoms with Gasteiger partial charge in [-0.1, -0.05) is 30.3 Å². The number of piperidine rings is 1. The average molecular weight is 344 g/mol. The second kappa shape index (κ2) is 5.51. The molecule has 2 saturated heterocycles. The Morgan fingerprint density at radius 3 is 2.56 bits per heavy atom. The number of hydrogen-bond acceptors (Lipinski definition) is 2. The third kappa shape index (κ3) is 2.75. The van der Waals surface area contributed by atoms with Gasteiger partial charge in [0, 0.05) is 25.1 Å². The number of benzene rings is 2. The van der Waals surface area contributed by atoms with Gasteiger partial charge in [-0.15, -0.1) is 0 Å². The monoisotopic (exact) mass is 344 g/mol. The Labute approximate surface area is 143 Å². The number of carbonyl (C=O) groups excluding carboxylic acids is 2. The topological polar surface area (TPSA) is 49.4 Å². The summed E-state index contributed by atoms with van der Waals surface area (Å²) in [5.74, 6) is -3.89. The molecule has 2 aliphatic rings. The zero-order valence-corrected chi connectivity index (χ0v) is 13.6. The molecule has 2 aliphatic heterocycles. The van der Waals surface area contributed by atoms with Crippen LogP contribution in [-0.4, -0.2) is 42.3 Å². The normalized spacial score (nSPS) is 25.4. The van der Waals surface area contributed by atoms with E-state index >= 15 is 0 Å². The average Bonchev–Trinajstić information content (AvgIpc) is 2.91. The molecule has 4 nitrogen and oxygen atoms in total. The SMILES string of the molecule is O=C(c1ccc2ccccc2c1)N1CC(F)(F)CC2(CCNC2=O)C1. The first-order chi connectivity index (χ1) is 11.9. The zero-order valence-electron chi connectivity index (χ0n) is 13.6. The standard InChI is InChI=1S/C19H18F2N2O2/c20-19(21)10-18(7-8-22-17(18)25)11-23(12-19)16(24)15-6-5-13-3-1-2-4-14(13)9-15/h1-6,9H,7-8,10-12H2,(H,22,25). The van der Waals surface area contributed by atoms with Gasteiger partial charge in [0.15, 0.2) is 0 Å². The lowest BCUT2D eigenvalue weighted by molar-refractivity contribution is -0.144. The van der Waals surface area contributed by atoms with Crippen molar-refractivity contribution in [1.29, 1.82) is 0 Å². The van der Waals surface area contributed by atoms with E-state index in [-0.39, 0.29) is 12.5 Å². The summed E-state index contributed by atoms with van der Waals surface area (Å²) in [6.07, 6.45) is -0.156. The molecule has 2 amide bonds. The lowest BCUT2D eigenvalue weighted by Crippen LogP contribution is -2.56. The minimum absolute atomic E-state index is 0.0417. The van der Waals surface area contributed by atoms with Crippen molar-refractivity contribution in [2.24, 2.45) is 5.41 Å². The minimum atomic E-state index is -3.06. The van der Waals surface area contributed by atoms with E-state index in [0.29, 0.717) is 18.5 Å².